The lowest BCUT2D eigenvalue weighted by Gasteiger charge is -2.46. The number of rotatable bonds is 1. The number of piperidine rings is 1. The van der Waals surface area contributed by atoms with Gasteiger partial charge in [0.15, 0.2) is 0 Å². The van der Waals surface area contributed by atoms with Crippen LogP contribution in [0.3, 0.4) is 0 Å². The molecule has 3 heteroatoms. The molecular weight excluding hydrogens is 190 g/mol. The molecule has 2 saturated heterocycles. The monoisotopic (exact) mass is 211 g/mol. The van der Waals surface area contributed by atoms with Gasteiger partial charge in [0, 0.05) is 44.2 Å². The molecule has 15 heavy (non-hydrogen) atoms. The summed E-state index contributed by atoms with van der Waals surface area (Å²) in [6, 6.07) is 0. The van der Waals surface area contributed by atoms with E-state index >= 15 is 0 Å². The van der Waals surface area contributed by atoms with Crippen molar-refractivity contribution in [2.24, 2.45) is 5.92 Å². The molecule has 0 aromatic rings. The average Bonchev–Trinajstić information content (AvgIpc) is 2.23. The van der Waals surface area contributed by atoms with E-state index in [0.717, 1.165) is 45.6 Å². The molecule has 0 aliphatic carbocycles. The molecule has 1 atom stereocenters. The van der Waals surface area contributed by atoms with Gasteiger partial charge in [-0.25, -0.2) is 0 Å². The van der Waals surface area contributed by atoms with E-state index in [0.29, 0.717) is 5.78 Å². The summed E-state index contributed by atoms with van der Waals surface area (Å²) in [6.45, 7) is 7.99. The highest BCUT2D eigenvalue weighted by atomic mass is 16.5. The predicted octanol–water partition coefficient (Wildman–Crippen LogP) is 1.47. The number of carbonyl (C=O) groups excluding carboxylic acids is 1. The van der Waals surface area contributed by atoms with Crippen LogP contribution in [0.15, 0.2) is 0 Å². The Hall–Kier alpha value is -0.410. The van der Waals surface area contributed by atoms with Crippen molar-refractivity contribution >= 4 is 5.78 Å². The first-order valence-corrected chi connectivity index (χ1v) is 5.97. The standard InChI is InChI=1S/C12H21NO2/c1-10-9-13(6-3-11(10)14)12(2)4-7-15-8-5-12/h10H,3-9H2,1-2H3. The van der Waals surface area contributed by atoms with E-state index in [1.165, 1.54) is 0 Å². The van der Waals surface area contributed by atoms with Crippen LogP contribution >= 0.6 is 0 Å². The van der Waals surface area contributed by atoms with Gasteiger partial charge in [-0.05, 0) is 19.8 Å². The third-order valence-corrected chi connectivity index (χ3v) is 4.01. The van der Waals surface area contributed by atoms with Crippen molar-refractivity contribution in [3.05, 3.63) is 0 Å². The van der Waals surface area contributed by atoms with Crippen LogP contribution in [0.5, 0.6) is 0 Å². The molecule has 0 amide bonds. The highest BCUT2D eigenvalue weighted by molar-refractivity contribution is 5.81. The van der Waals surface area contributed by atoms with Crippen molar-refractivity contribution < 1.29 is 9.53 Å². The SMILES string of the molecule is CC1CN(C2(C)CCOCC2)CCC1=O. The molecule has 0 spiro atoms. The second-order valence-corrected chi connectivity index (χ2v) is 5.17. The predicted molar refractivity (Wildman–Crippen MR) is 58.8 cm³/mol. The molecule has 2 fully saturated rings. The first-order valence-electron chi connectivity index (χ1n) is 5.97. The fourth-order valence-corrected chi connectivity index (χ4v) is 2.63. The largest absolute Gasteiger partial charge is 0.381 e. The first kappa shape index (κ1) is 11.1. The zero-order valence-corrected chi connectivity index (χ0v) is 9.79. The molecule has 0 N–H and O–H groups in total. The molecule has 0 aromatic carbocycles. The lowest BCUT2D eigenvalue weighted by molar-refractivity contribution is -0.128. The summed E-state index contributed by atoms with van der Waals surface area (Å²) < 4.78 is 5.41. The Bertz CT molecular complexity index is 246. The first-order chi connectivity index (χ1) is 7.12. The summed E-state index contributed by atoms with van der Waals surface area (Å²) in [6.07, 6.45) is 2.94. The maximum atomic E-state index is 11.5. The van der Waals surface area contributed by atoms with Gasteiger partial charge >= 0.3 is 0 Å². The highest BCUT2D eigenvalue weighted by Crippen LogP contribution is 2.30. The topological polar surface area (TPSA) is 29.5 Å². The van der Waals surface area contributed by atoms with Crippen LogP contribution in [-0.2, 0) is 9.53 Å². The van der Waals surface area contributed by atoms with Crippen molar-refractivity contribution in [3.63, 3.8) is 0 Å². The summed E-state index contributed by atoms with van der Waals surface area (Å²) in [4.78, 5) is 14.0. The Morgan fingerprint density at radius 1 is 1.40 bits per heavy atom. The molecule has 2 rings (SSSR count). The van der Waals surface area contributed by atoms with Gasteiger partial charge in [-0.2, -0.15) is 0 Å². The van der Waals surface area contributed by atoms with E-state index < -0.39 is 0 Å². The quantitative estimate of drug-likeness (QED) is 0.657. The summed E-state index contributed by atoms with van der Waals surface area (Å²) >= 11 is 0. The van der Waals surface area contributed by atoms with Crippen molar-refractivity contribution in [1.82, 2.24) is 4.90 Å². The van der Waals surface area contributed by atoms with Gasteiger partial charge in [0.2, 0.25) is 0 Å². The van der Waals surface area contributed by atoms with Crippen LogP contribution in [0, 0.1) is 5.92 Å². The van der Waals surface area contributed by atoms with Crippen molar-refractivity contribution in [3.8, 4) is 0 Å². The second kappa shape index (κ2) is 4.22. The molecule has 0 bridgehead atoms. The fraction of sp³-hybridized carbons (Fsp3) is 0.917. The minimum Gasteiger partial charge on any atom is -0.381 e. The van der Waals surface area contributed by atoms with Crippen LogP contribution in [0.1, 0.15) is 33.1 Å². The Labute approximate surface area is 91.8 Å². The van der Waals surface area contributed by atoms with E-state index in [9.17, 15) is 4.79 Å². The second-order valence-electron chi connectivity index (χ2n) is 5.17. The van der Waals surface area contributed by atoms with E-state index in [1.54, 1.807) is 0 Å². The average molecular weight is 211 g/mol. The number of ketones is 1. The highest BCUT2D eigenvalue weighted by Gasteiger charge is 2.37. The molecule has 2 aliphatic rings. The molecule has 0 radical (unpaired) electrons. The van der Waals surface area contributed by atoms with Crippen molar-refractivity contribution in [2.75, 3.05) is 26.3 Å². The van der Waals surface area contributed by atoms with E-state index in [4.69, 9.17) is 4.74 Å². The van der Waals surface area contributed by atoms with Gasteiger partial charge in [0.05, 0.1) is 0 Å². The van der Waals surface area contributed by atoms with Gasteiger partial charge in [-0.15, -0.1) is 0 Å². The zero-order valence-electron chi connectivity index (χ0n) is 9.79. The maximum Gasteiger partial charge on any atom is 0.138 e. The fourth-order valence-electron chi connectivity index (χ4n) is 2.63. The van der Waals surface area contributed by atoms with Crippen LogP contribution in [0.4, 0.5) is 0 Å². The van der Waals surface area contributed by atoms with Crippen LogP contribution < -0.4 is 0 Å². The molecule has 2 aliphatic heterocycles. The Kier molecular flexibility index (Phi) is 3.12. The number of hydrogen-bond donors (Lipinski definition) is 0. The Morgan fingerprint density at radius 2 is 2.07 bits per heavy atom. The summed E-state index contributed by atoms with van der Waals surface area (Å²) in [5.41, 5.74) is 0.271. The summed E-state index contributed by atoms with van der Waals surface area (Å²) in [7, 11) is 0. The van der Waals surface area contributed by atoms with Crippen LogP contribution in [0.25, 0.3) is 0 Å². The lowest BCUT2D eigenvalue weighted by Crippen LogP contribution is -2.55. The Balaban J connectivity index is 2.00. The van der Waals surface area contributed by atoms with E-state index in [2.05, 4.69) is 18.7 Å². The number of hydrogen-bond acceptors (Lipinski definition) is 3. The molecule has 0 saturated carbocycles. The molecular formula is C12H21NO2. The summed E-state index contributed by atoms with van der Waals surface area (Å²) in [5, 5.41) is 0. The minimum absolute atomic E-state index is 0.221. The van der Waals surface area contributed by atoms with Gasteiger partial charge in [0.25, 0.3) is 0 Å². The van der Waals surface area contributed by atoms with Crippen molar-refractivity contribution in [1.29, 1.82) is 0 Å². The smallest absolute Gasteiger partial charge is 0.138 e. The zero-order chi connectivity index (χ0) is 10.9. The number of ether oxygens (including phenoxy) is 1. The normalized spacial score (nSPS) is 32.9. The van der Waals surface area contributed by atoms with Crippen molar-refractivity contribution in [2.45, 2.75) is 38.6 Å². The molecule has 86 valence electrons. The Morgan fingerprint density at radius 3 is 2.67 bits per heavy atom. The van der Waals surface area contributed by atoms with Crippen LogP contribution in [0.2, 0.25) is 0 Å². The molecule has 1 unspecified atom stereocenters. The lowest BCUT2D eigenvalue weighted by atomic mass is 9.86. The van der Waals surface area contributed by atoms with Gasteiger partial charge < -0.3 is 4.74 Å². The number of nitrogens with zero attached hydrogens (tertiary/aromatic N) is 1. The number of likely N-dealkylation sites (tertiary alicyclic amines) is 1. The molecule has 0 aromatic heterocycles. The van der Waals surface area contributed by atoms with Gasteiger partial charge in [0.1, 0.15) is 5.78 Å². The van der Waals surface area contributed by atoms with Gasteiger partial charge in [-0.3, -0.25) is 9.69 Å². The van der Waals surface area contributed by atoms with Gasteiger partial charge in [-0.1, -0.05) is 6.92 Å². The number of Topliss-reactive ketones (excluding diaryl/α,β-unsaturated/α-hetero) is 1. The minimum atomic E-state index is 0.221. The van der Waals surface area contributed by atoms with E-state index in [1.807, 2.05) is 0 Å². The third kappa shape index (κ3) is 2.23. The molecule has 3 nitrogen and oxygen atoms in total. The van der Waals surface area contributed by atoms with Crippen LogP contribution in [-0.4, -0.2) is 42.5 Å². The van der Waals surface area contributed by atoms with E-state index in [-0.39, 0.29) is 11.5 Å². The third-order valence-electron chi connectivity index (χ3n) is 4.01. The molecule has 2 heterocycles. The maximum absolute atomic E-state index is 11.5. The summed E-state index contributed by atoms with van der Waals surface area (Å²) in [5.74, 6) is 0.653. The number of carbonyl (C=O) groups is 1.